The molecule has 0 aliphatic heterocycles. The molecule has 0 spiro atoms. The maximum atomic E-state index is 11.8. The lowest BCUT2D eigenvalue weighted by molar-refractivity contribution is -0.139. The molecule has 0 bridgehead atoms. The summed E-state index contributed by atoms with van der Waals surface area (Å²) in [7, 11) is 1.67. The Bertz CT molecular complexity index is 406. The first-order valence-electron chi connectivity index (χ1n) is 6.31. The van der Waals surface area contributed by atoms with Gasteiger partial charge >= 0.3 is 12.0 Å². The summed E-state index contributed by atoms with van der Waals surface area (Å²) in [5.41, 5.74) is 0. The summed E-state index contributed by atoms with van der Waals surface area (Å²) in [6.45, 7) is 2.47. The molecule has 0 saturated carbocycles. The van der Waals surface area contributed by atoms with Gasteiger partial charge in [-0.05, 0) is 24.3 Å². The Morgan fingerprint density at radius 1 is 1.53 bits per heavy atom. The minimum absolute atomic E-state index is 0.336. The quantitative estimate of drug-likeness (QED) is 0.806. The number of carbonyl (C=O) groups is 2. The number of rotatable bonds is 7. The monoisotopic (exact) mass is 284 g/mol. The van der Waals surface area contributed by atoms with E-state index in [0.29, 0.717) is 13.0 Å². The molecule has 2 amide bonds. The summed E-state index contributed by atoms with van der Waals surface area (Å²) in [5.74, 6) is -0.984. The molecule has 0 aliphatic carbocycles. The average Bonchev–Trinajstić information content (AvgIpc) is 2.88. The van der Waals surface area contributed by atoms with Crippen LogP contribution in [0, 0.1) is 0 Å². The van der Waals surface area contributed by atoms with Crippen molar-refractivity contribution in [2.75, 3.05) is 13.6 Å². The van der Waals surface area contributed by atoms with Crippen LogP contribution in [-0.2, 0) is 11.2 Å². The Kier molecular flexibility index (Phi) is 6.35. The number of carboxylic acid groups (broad SMARTS) is 1. The highest BCUT2D eigenvalue weighted by atomic mass is 32.1. The van der Waals surface area contributed by atoms with Gasteiger partial charge in [-0.2, -0.15) is 0 Å². The molecular weight excluding hydrogens is 264 g/mol. The third kappa shape index (κ3) is 5.30. The lowest BCUT2D eigenvalue weighted by atomic mass is 10.2. The number of nitrogens with zero attached hydrogens (tertiary/aromatic N) is 1. The van der Waals surface area contributed by atoms with Crippen LogP contribution in [0.25, 0.3) is 0 Å². The molecule has 6 heteroatoms. The average molecular weight is 284 g/mol. The predicted molar refractivity (Wildman–Crippen MR) is 75.5 cm³/mol. The molecule has 106 valence electrons. The minimum atomic E-state index is -0.984. The number of aliphatic carboxylic acids is 1. The molecule has 0 radical (unpaired) electrons. The first kappa shape index (κ1) is 15.5. The van der Waals surface area contributed by atoms with Crippen LogP contribution in [0.15, 0.2) is 17.5 Å². The molecule has 0 unspecified atom stereocenters. The van der Waals surface area contributed by atoms with Gasteiger partial charge in [0.25, 0.3) is 0 Å². The lowest BCUT2D eigenvalue weighted by Crippen LogP contribution is -2.47. The van der Waals surface area contributed by atoms with Crippen LogP contribution in [0.1, 0.15) is 24.6 Å². The van der Waals surface area contributed by atoms with Crippen LogP contribution in [0.3, 0.4) is 0 Å². The molecular formula is C13H20N2O3S. The SMILES string of the molecule is CCC[C@@H](NC(=O)N(C)CCc1cccs1)C(=O)O. The molecule has 0 aromatic carbocycles. The van der Waals surface area contributed by atoms with E-state index in [1.165, 1.54) is 9.78 Å². The van der Waals surface area contributed by atoms with Crippen molar-refractivity contribution in [2.24, 2.45) is 0 Å². The zero-order valence-electron chi connectivity index (χ0n) is 11.3. The van der Waals surface area contributed by atoms with E-state index in [-0.39, 0.29) is 6.03 Å². The van der Waals surface area contributed by atoms with Gasteiger partial charge in [0.1, 0.15) is 6.04 Å². The van der Waals surface area contributed by atoms with Gasteiger partial charge in [0.2, 0.25) is 0 Å². The second-order valence-corrected chi connectivity index (χ2v) is 5.41. The van der Waals surface area contributed by atoms with Crippen molar-refractivity contribution in [3.63, 3.8) is 0 Å². The number of amides is 2. The molecule has 0 fully saturated rings. The van der Waals surface area contributed by atoms with E-state index >= 15 is 0 Å². The summed E-state index contributed by atoms with van der Waals surface area (Å²) in [4.78, 5) is 25.5. The van der Waals surface area contributed by atoms with Gasteiger partial charge in [-0.3, -0.25) is 0 Å². The molecule has 1 aromatic heterocycles. The number of likely N-dealkylation sites (N-methyl/N-ethyl adjacent to an activating group) is 1. The second-order valence-electron chi connectivity index (χ2n) is 4.38. The predicted octanol–water partition coefficient (Wildman–Crippen LogP) is 2.19. The highest BCUT2D eigenvalue weighted by molar-refractivity contribution is 7.09. The van der Waals surface area contributed by atoms with Crippen LogP contribution in [0.5, 0.6) is 0 Å². The van der Waals surface area contributed by atoms with Crippen molar-refractivity contribution in [2.45, 2.75) is 32.2 Å². The number of hydrogen-bond donors (Lipinski definition) is 2. The number of carboxylic acids is 1. The zero-order valence-corrected chi connectivity index (χ0v) is 12.1. The number of nitrogens with one attached hydrogen (secondary N) is 1. The van der Waals surface area contributed by atoms with Crippen molar-refractivity contribution >= 4 is 23.3 Å². The largest absolute Gasteiger partial charge is 0.480 e. The molecule has 19 heavy (non-hydrogen) atoms. The summed E-state index contributed by atoms with van der Waals surface area (Å²) < 4.78 is 0. The molecule has 1 atom stereocenters. The standard InChI is InChI=1S/C13H20N2O3S/c1-3-5-11(12(16)17)14-13(18)15(2)8-7-10-6-4-9-19-10/h4,6,9,11H,3,5,7-8H2,1-2H3,(H,14,18)(H,16,17)/t11-/m1/s1. The molecule has 0 saturated heterocycles. The summed E-state index contributed by atoms with van der Waals surface area (Å²) in [6, 6.07) is 2.86. The summed E-state index contributed by atoms with van der Waals surface area (Å²) in [5, 5.41) is 13.5. The van der Waals surface area contributed by atoms with Crippen LogP contribution in [0.4, 0.5) is 4.79 Å². The maximum absolute atomic E-state index is 11.8. The van der Waals surface area contributed by atoms with Gasteiger partial charge in [0.15, 0.2) is 0 Å². The normalized spacial score (nSPS) is 11.9. The fourth-order valence-electron chi connectivity index (χ4n) is 1.64. The van der Waals surface area contributed by atoms with Gasteiger partial charge in [-0.25, -0.2) is 9.59 Å². The third-order valence-electron chi connectivity index (χ3n) is 2.79. The van der Waals surface area contributed by atoms with Gasteiger partial charge in [0.05, 0.1) is 0 Å². The van der Waals surface area contributed by atoms with E-state index in [1.807, 2.05) is 24.4 Å². The highest BCUT2D eigenvalue weighted by Crippen LogP contribution is 2.09. The number of urea groups is 1. The second kappa shape index (κ2) is 7.78. The fraction of sp³-hybridized carbons (Fsp3) is 0.538. The number of thiophene rings is 1. The fourth-order valence-corrected chi connectivity index (χ4v) is 2.34. The smallest absolute Gasteiger partial charge is 0.326 e. The third-order valence-corrected chi connectivity index (χ3v) is 3.73. The first-order chi connectivity index (χ1) is 9.04. The maximum Gasteiger partial charge on any atom is 0.326 e. The van der Waals surface area contributed by atoms with Crippen molar-refractivity contribution in [3.05, 3.63) is 22.4 Å². The van der Waals surface area contributed by atoms with E-state index in [2.05, 4.69) is 5.32 Å². The Hall–Kier alpha value is -1.56. The van der Waals surface area contributed by atoms with Crippen molar-refractivity contribution in [1.29, 1.82) is 0 Å². The van der Waals surface area contributed by atoms with E-state index < -0.39 is 12.0 Å². The molecule has 5 nitrogen and oxygen atoms in total. The van der Waals surface area contributed by atoms with E-state index in [4.69, 9.17) is 5.11 Å². The van der Waals surface area contributed by atoms with Gasteiger partial charge in [-0.1, -0.05) is 19.4 Å². The van der Waals surface area contributed by atoms with Crippen LogP contribution >= 0.6 is 11.3 Å². The van der Waals surface area contributed by atoms with Crippen molar-refractivity contribution in [1.82, 2.24) is 10.2 Å². The minimum Gasteiger partial charge on any atom is -0.480 e. The Balaban J connectivity index is 2.40. The molecule has 1 aromatic rings. The number of carbonyl (C=O) groups excluding carboxylic acids is 1. The van der Waals surface area contributed by atoms with E-state index in [9.17, 15) is 9.59 Å². The van der Waals surface area contributed by atoms with Crippen LogP contribution < -0.4 is 5.32 Å². The van der Waals surface area contributed by atoms with Gasteiger partial charge in [-0.15, -0.1) is 11.3 Å². The van der Waals surface area contributed by atoms with Crippen molar-refractivity contribution < 1.29 is 14.7 Å². The van der Waals surface area contributed by atoms with Crippen molar-refractivity contribution in [3.8, 4) is 0 Å². The Morgan fingerprint density at radius 3 is 2.79 bits per heavy atom. The topological polar surface area (TPSA) is 69.6 Å². The van der Waals surface area contributed by atoms with E-state index in [1.54, 1.807) is 18.4 Å². The summed E-state index contributed by atoms with van der Waals surface area (Å²) in [6.07, 6.45) is 1.95. The molecule has 0 aliphatic rings. The van der Waals surface area contributed by atoms with Crippen LogP contribution in [-0.4, -0.2) is 41.6 Å². The Labute approximate surface area is 117 Å². The lowest BCUT2D eigenvalue weighted by Gasteiger charge is -2.21. The Morgan fingerprint density at radius 2 is 2.26 bits per heavy atom. The first-order valence-corrected chi connectivity index (χ1v) is 7.19. The molecule has 2 N–H and O–H groups in total. The number of hydrogen-bond acceptors (Lipinski definition) is 3. The molecule has 1 rings (SSSR count). The molecule has 1 heterocycles. The highest BCUT2D eigenvalue weighted by Gasteiger charge is 2.20. The van der Waals surface area contributed by atoms with E-state index in [0.717, 1.165) is 12.8 Å². The summed E-state index contributed by atoms with van der Waals surface area (Å²) >= 11 is 1.65. The van der Waals surface area contributed by atoms with Gasteiger partial charge in [0, 0.05) is 18.5 Å². The van der Waals surface area contributed by atoms with Gasteiger partial charge < -0.3 is 15.3 Å². The zero-order chi connectivity index (χ0) is 14.3. The van der Waals surface area contributed by atoms with Crippen LogP contribution in [0.2, 0.25) is 0 Å².